The summed E-state index contributed by atoms with van der Waals surface area (Å²) in [5, 5.41) is 0. The minimum atomic E-state index is -0.129. The third kappa shape index (κ3) is 3.15. The summed E-state index contributed by atoms with van der Waals surface area (Å²) in [5.74, 6) is -0.129. The molecule has 1 aromatic carbocycles. The van der Waals surface area contributed by atoms with Gasteiger partial charge in [0.05, 0.1) is 11.4 Å². The van der Waals surface area contributed by atoms with E-state index in [0.717, 1.165) is 24.2 Å². The predicted octanol–water partition coefficient (Wildman–Crippen LogP) is 2.70. The normalized spacial score (nSPS) is 13.6. The number of carbonyl (C=O) groups is 3. The summed E-state index contributed by atoms with van der Waals surface area (Å²) in [5.41, 5.74) is 3.13. The van der Waals surface area contributed by atoms with Gasteiger partial charge in [0.15, 0.2) is 12.6 Å². The van der Waals surface area contributed by atoms with Crippen molar-refractivity contribution in [1.82, 2.24) is 4.98 Å². The van der Waals surface area contributed by atoms with Gasteiger partial charge in [0.2, 0.25) is 0 Å². The molecule has 1 aromatic heterocycles. The minimum Gasteiger partial charge on any atom is -0.307 e. The molecule has 0 saturated carbocycles. The van der Waals surface area contributed by atoms with Crippen LogP contribution < -0.4 is 4.90 Å². The van der Waals surface area contributed by atoms with E-state index in [4.69, 9.17) is 0 Å². The lowest BCUT2D eigenvalue weighted by atomic mass is 10.0. The zero-order valence-corrected chi connectivity index (χ0v) is 13.0. The first-order chi connectivity index (χ1) is 11.7. The molecule has 3 rings (SSSR count). The highest BCUT2D eigenvalue weighted by Crippen LogP contribution is 2.25. The lowest BCUT2D eigenvalue weighted by Crippen LogP contribution is -2.34. The van der Waals surface area contributed by atoms with Crippen molar-refractivity contribution < 1.29 is 14.4 Å². The van der Waals surface area contributed by atoms with E-state index in [9.17, 15) is 14.4 Å². The fourth-order valence-electron chi connectivity index (χ4n) is 2.79. The summed E-state index contributed by atoms with van der Waals surface area (Å²) in [4.78, 5) is 40.4. The van der Waals surface area contributed by atoms with Crippen LogP contribution in [0.3, 0.4) is 0 Å². The first-order valence-corrected chi connectivity index (χ1v) is 7.71. The number of fused-ring (bicyclic) bond motifs is 1. The molecule has 2 aromatic rings. The van der Waals surface area contributed by atoms with Crippen LogP contribution in [0.4, 0.5) is 5.69 Å². The Balaban J connectivity index is 1.82. The second-order valence-electron chi connectivity index (χ2n) is 5.52. The number of hydrogen-bond donors (Lipinski definition) is 0. The Hall–Kier alpha value is -3.08. The molecule has 120 valence electrons. The Morgan fingerprint density at radius 3 is 2.75 bits per heavy atom. The molecule has 0 bridgehead atoms. The summed E-state index contributed by atoms with van der Waals surface area (Å²) in [6.07, 6.45) is 7.89. The molecule has 1 amide bonds. The van der Waals surface area contributed by atoms with Gasteiger partial charge >= 0.3 is 0 Å². The average Bonchev–Trinajstić information content (AvgIpc) is 2.65. The Kier molecular flexibility index (Phi) is 4.61. The molecule has 0 radical (unpaired) electrons. The SMILES string of the molecule is O=Cc1ccc(/C=C/C(=O)N2CCCc3ncccc32)cc1C=O. The minimum absolute atomic E-state index is 0.129. The zero-order valence-electron chi connectivity index (χ0n) is 13.0. The largest absolute Gasteiger partial charge is 0.307 e. The Morgan fingerprint density at radius 1 is 1.12 bits per heavy atom. The molecule has 0 atom stereocenters. The lowest BCUT2D eigenvalue weighted by molar-refractivity contribution is -0.114. The topological polar surface area (TPSA) is 67.3 Å². The van der Waals surface area contributed by atoms with Gasteiger partial charge < -0.3 is 4.90 Å². The van der Waals surface area contributed by atoms with Crippen LogP contribution in [0.2, 0.25) is 0 Å². The fraction of sp³-hybridized carbons (Fsp3) is 0.158. The highest BCUT2D eigenvalue weighted by molar-refractivity contribution is 6.04. The highest BCUT2D eigenvalue weighted by Gasteiger charge is 2.21. The molecule has 0 aliphatic carbocycles. The number of nitrogens with zero attached hydrogens (tertiary/aromatic N) is 2. The maximum atomic E-state index is 12.5. The molecule has 5 nitrogen and oxygen atoms in total. The van der Waals surface area contributed by atoms with Gasteiger partial charge in [-0.05, 0) is 42.7 Å². The third-order valence-electron chi connectivity index (χ3n) is 4.00. The predicted molar refractivity (Wildman–Crippen MR) is 91.2 cm³/mol. The van der Waals surface area contributed by atoms with Gasteiger partial charge in [-0.25, -0.2) is 0 Å². The summed E-state index contributed by atoms with van der Waals surface area (Å²) < 4.78 is 0. The number of aldehydes is 2. The molecular formula is C19H16N2O3. The van der Waals surface area contributed by atoms with Crippen molar-refractivity contribution in [3.63, 3.8) is 0 Å². The van der Waals surface area contributed by atoms with E-state index in [1.807, 2.05) is 12.1 Å². The molecule has 1 aliphatic rings. The monoisotopic (exact) mass is 320 g/mol. The van der Waals surface area contributed by atoms with Crippen LogP contribution in [0.5, 0.6) is 0 Å². The first kappa shape index (κ1) is 15.8. The standard InChI is InChI=1S/C19H16N2O3/c22-12-15-7-5-14(11-16(15)13-23)6-8-19(24)21-10-2-3-17-18(21)4-1-9-20-17/h1,4-9,11-13H,2-3,10H2/b8-6+. The molecule has 0 spiro atoms. The lowest BCUT2D eigenvalue weighted by Gasteiger charge is -2.27. The molecule has 1 aliphatic heterocycles. The first-order valence-electron chi connectivity index (χ1n) is 7.71. The number of aromatic nitrogens is 1. The molecule has 0 N–H and O–H groups in total. The quantitative estimate of drug-likeness (QED) is 0.641. The van der Waals surface area contributed by atoms with E-state index in [2.05, 4.69) is 4.98 Å². The summed E-state index contributed by atoms with van der Waals surface area (Å²) in [6, 6.07) is 8.58. The van der Waals surface area contributed by atoms with Crippen molar-refractivity contribution in [2.45, 2.75) is 12.8 Å². The summed E-state index contributed by atoms with van der Waals surface area (Å²) in [7, 11) is 0. The summed E-state index contributed by atoms with van der Waals surface area (Å²) >= 11 is 0. The molecule has 24 heavy (non-hydrogen) atoms. The smallest absolute Gasteiger partial charge is 0.251 e. The number of anilines is 1. The van der Waals surface area contributed by atoms with Crippen LogP contribution in [-0.2, 0) is 11.2 Å². The maximum absolute atomic E-state index is 12.5. The van der Waals surface area contributed by atoms with E-state index >= 15 is 0 Å². The molecule has 5 heteroatoms. The van der Waals surface area contributed by atoms with Crippen LogP contribution in [0.15, 0.2) is 42.6 Å². The van der Waals surface area contributed by atoms with E-state index < -0.39 is 0 Å². The highest BCUT2D eigenvalue weighted by atomic mass is 16.2. The van der Waals surface area contributed by atoms with E-state index in [-0.39, 0.29) is 5.91 Å². The Labute approximate surface area is 139 Å². The Morgan fingerprint density at radius 2 is 1.96 bits per heavy atom. The van der Waals surface area contributed by atoms with Crippen molar-refractivity contribution in [1.29, 1.82) is 0 Å². The van der Waals surface area contributed by atoms with Crippen LogP contribution in [-0.4, -0.2) is 30.0 Å². The number of rotatable bonds is 4. The average molecular weight is 320 g/mol. The molecule has 2 heterocycles. The number of amides is 1. The van der Waals surface area contributed by atoms with Gasteiger partial charge in [0.25, 0.3) is 5.91 Å². The van der Waals surface area contributed by atoms with Crippen molar-refractivity contribution >= 4 is 30.2 Å². The van der Waals surface area contributed by atoms with Gasteiger partial charge in [-0.3, -0.25) is 19.4 Å². The van der Waals surface area contributed by atoms with Crippen LogP contribution in [0.1, 0.15) is 38.4 Å². The van der Waals surface area contributed by atoms with E-state index in [0.29, 0.717) is 35.8 Å². The van der Waals surface area contributed by atoms with Crippen LogP contribution >= 0.6 is 0 Å². The fourth-order valence-corrected chi connectivity index (χ4v) is 2.79. The van der Waals surface area contributed by atoms with E-state index in [1.54, 1.807) is 35.4 Å². The number of hydrogen-bond acceptors (Lipinski definition) is 4. The van der Waals surface area contributed by atoms with Gasteiger partial charge in [-0.2, -0.15) is 0 Å². The van der Waals surface area contributed by atoms with Crippen LogP contribution in [0, 0.1) is 0 Å². The van der Waals surface area contributed by atoms with Crippen molar-refractivity contribution in [3.8, 4) is 0 Å². The van der Waals surface area contributed by atoms with Gasteiger partial charge in [-0.1, -0.05) is 12.1 Å². The van der Waals surface area contributed by atoms with E-state index in [1.165, 1.54) is 6.08 Å². The summed E-state index contributed by atoms with van der Waals surface area (Å²) in [6.45, 7) is 0.658. The van der Waals surface area contributed by atoms with Crippen LogP contribution in [0.25, 0.3) is 6.08 Å². The molecule has 0 saturated heterocycles. The molecular weight excluding hydrogens is 304 g/mol. The van der Waals surface area contributed by atoms with Crippen molar-refractivity contribution in [2.24, 2.45) is 0 Å². The van der Waals surface area contributed by atoms with Gasteiger partial charge in [0, 0.05) is 29.9 Å². The van der Waals surface area contributed by atoms with Crippen molar-refractivity contribution in [2.75, 3.05) is 11.4 Å². The molecule has 0 fully saturated rings. The number of carbonyl (C=O) groups excluding carboxylic acids is 3. The second-order valence-corrected chi connectivity index (χ2v) is 5.52. The van der Waals surface area contributed by atoms with Crippen molar-refractivity contribution in [3.05, 3.63) is 65.0 Å². The maximum Gasteiger partial charge on any atom is 0.251 e. The molecule has 0 unspecified atom stereocenters. The van der Waals surface area contributed by atoms with Gasteiger partial charge in [-0.15, -0.1) is 0 Å². The van der Waals surface area contributed by atoms with Gasteiger partial charge in [0.1, 0.15) is 0 Å². The Bertz CT molecular complexity index is 827. The second kappa shape index (κ2) is 7.00. The zero-order chi connectivity index (χ0) is 16.9. The number of aryl methyl sites for hydroxylation is 1. The number of pyridine rings is 1. The number of benzene rings is 1. The third-order valence-corrected chi connectivity index (χ3v) is 4.00.